The molecule has 0 unspecified atom stereocenters. The third-order valence-electron chi connectivity index (χ3n) is 2.82. The molecule has 0 aliphatic carbocycles. The summed E-state index contributed by atoms with van der Waals surface area (Å²) in [6, 6.07) is 2.37. The Morgan fingerprint density at radius 1 is 1.35 bits per heavy atom. The maximum Gasteiger partial charge on any atom is 0.326 e. The van der Waals surface area contributed by atoms with Crippen molar-refractivity contribution in [2.24, 2.45) is 5.92 Å². The molecule has 0 saturated heterocycles. The highest BCUT2D eigenvalue weighted by molar-refractivity contribution is 5.82. The molecule has 1 aromatic rings. The van der Waals surface area contributed by atoms with Crippen molar-refractivity contribution in [3.8, 4) is 0 Å². The molecular formula is C14H21N3O3. The van der Waals surface area contributed by atoms with E-state index in [2.05, 4.69) is 10.3 Å². The van der Waals surface area contributed by atoms with Crippen LogP contribution in [0.4, 0.5) is 4.79 Å². The van der Waals surface area contributed by atoms with Crippen molar-refractivity contribution in [2.75, 3.05) is 7.05 Å². The predicted molar refractivity (Wildman–Crippen MR) is 75.1 cm³/mol. The summed E-state index contributed by atoms with van der Waals surface area (Å²) in [4.78, 5) is 28.4. The van der Waals surface area contributed by atoms with Gasteiger partial charge in [0.15, 0.2) is 0 Å². The minimum Gasteiger partial charge on any atom is -0.480 e. The Bertz CT molecular complexity index is 448. The third-order valence-corrected chi connectivity index (χ3v) is 2.82. The summed E-state index contributed by atoms with van der Waals surface area (Å²) >= 11 is 0. The lowest BCUT2D eigenvalue weighted by molar-refractivity contribution is -0.139. The highest BCUT2D eigenvalue weighted by Gasteiger charge is 2.22. The van der Waals surface area contributed by atoms with Gasteiger partial charge in [-0.1, -0.05) is 13.8 Å². The lowest BCUT2D eigenvalue weighted by Gasteiger charge is -2.22. The van der Waals surface area contributed by atoms with Gasteiger partial charge >= 0.3 is 12.0 Å². The number of hydrogen-bond acceptors (Lipinski definition) is 3. The largest absolute Gasteiger partial charge is 0.480 e. The standard InChI is InChI=1S/C14H21N3O3/c1-10(2)8-12(13(18)19)16-14(20)17(3)9-11-4-6-15-7-5-11/h4-7,10,12H,8-9H2,1-3H3,(H,16,20)(H,18,19)/t12-/m0/s1. The molecule has 6 nitrogen and oxygen atoms in total. The number of aliphatic carboxylic acids is 1. The van der Waals surface area contributed by atoms with Crippen molar-refractivity contribution in [1.82, 2.24) is 15.2 Å². The minimum atomic E-state index is -1.01. The number of pyridine rings is 1. The number of nitrogens with one attached hydrogen (secondary N) is 1. The summed E-state index contributed by atoms with van der Waals surface area (Å²) in [5.74, 6) is -0.814. The number of carbonyl (C=O) groups is 2. The first-order valence-electron chi connectivity index (χ1n) is 6.53. The molecule has 0 bridgehead atoms. The first-order chi connectivity index (χ1) is 9.40. The Morgan fingerprint density at radius 2 is 1.95 bits per heavy atom. The van der Waals surface area contributed by atoms with Crippen molar-refractivity contribution >= 4 is 12.0 Å². The maximum absolute atomic E-state index is 12.0. The summed E-state index contributed by atoms with van der Waals surface area (Å²) in [6.45, 7) is 4.24. The van der Waals surface area contributed by atoms with Gasteiger partial charge in [-0.25, -0.2) is 9.59 Å². The SMILES string of the molecule is CC(C)C[C@H](NC(=O)N(C)Cc1ccncc1)C(=O)O. The van der Waals surface area contributed by atoms with Crippen molar-refractivity contribution in [3.05, 3.63) is 30.1 Å². The highest BCUT2D eigenvalue weighted by atomic mass is 16.4. The Kier molecular flexibility index (Phi) is 5.96. The maximum atomic E-state index is 12.0. The van der Waals surface area contributed by atoms with Crippen LogP contribution < -0.4 is 5.32 Å². The van der Waals surface area contributed by atoms with Crippen LogP contribution in [0.25, 0.3) is 0 Å². The molecule has 0 fully saturated rings. The molecule has 2 amide bonds. The van der Waals surface area contributed by atoms with Gasteiger partial charge in [0.05, 0.1) is 0 Å². The molecule has 6 heteroatoms. The second-order valence-electron chi connectivity index (χ2n) is 5.18. The number of nitrogens with zero attached hydrogens (tertiary/aromatic N) is 2. The van der Waals surface area contributed by atoms with E-state index in [1.807, 2.05) is 26.0 Å². The number of carbonyl (C=O) groups excluding carboxylic acids is 1. The molecule has 1 atom stereocenters. The minimum absolute atomic E-state index is 0.196. The van der Waals surface area contributed by atoms with Gasteiger partial charge in [-0.3, -0.25) is 4.98 Å². The van der Waals surface area contributed by atoms with Crippen LogP contribution in [0, 0.1) is 5.92 Å². The van der Waals surface area contributed by atoms with E-state index in [0.717, 1.165) is 5.56 Å². The van der Waals surface area contributed by atoms with Crippen molar-refractivity contribution in [3.63, 3.8) is 0 Å². The fraction of sp³-hybridized carbons (Fsp3) is 0.500. The molecule has 1 aromatic heterocycles. The smallest absolute Gasteiger partial charge is 0.326 e. The zero-order valence-electron chi connectivity index (χ0n) is 12.0. The number of carboxylic acid groups (broad SMARTS) is 1. The van der Waals surface area contributed by atoms with E-state index < -0.39 is 18.0 Å². The first-order valence-corrected chi connectivity index (χ1v) is 6.53. The van der Waals surface area contributed by atoms with Crippen LogP contribution in [0.2, 0.25) is 0 Å². The summed E-state index contributed by atoms with van der Waals surface area (Å²) < 4.78 is 0. The zero-order valence-corrected chi connectivity index (χ0v) is 12.0. The number of rotatable bonds is 6. The number of aromatic nitrogens is 1. The molecule has 0 radical (unpaired) electrons. The molecule has 0 spiro atoms. The van der Waals surface area contributed by atoms with Crippen LogP contribution in [0.1, 0.15) is 25.8 Å². The molecule has 1 heterocycles. The van der Waals surface area contributed by atoms with E-state index in [0.29, 0.717) is 13.0 Å². The summed E-state index contributed by atoms with van der Waals surface area (Å²) in [5.41, 5.74) is 0.938. The molecule has 1 rings (SSSR count). The lowest BCUT2D eigenvalue weighted by Crippen LogP contribution is -2.46. The fourth-order valence-electron chi connectivity index (χ4n) is 1.79. The van der Waals surface area contributed by atoms with E-state index >= 15 is 0 Å². The summed E-state index contributed by atoms with van der Waals surface area (Å²) in [7, 11) is 1.63. The van der Waals surface area contributed by atoms with Crippen LogP contribution in [-0.2, 0) is 11.3 Å². The van der Waals surface area contributed by atoms with Crippen molar-refractivity contribution < 1.29 is 14.7 Å². The van der Waals surface area contributed by atoms with E-state index in [1.54, 1.807) is 19.4 Å². The average Bonchev–Trinajstić information content (AvgIpc) is 2.38. The van der Waals surface area contributed by atoms with Gasteiger partial charge < -0.3 is 15.3 Å². The number of urea groups is 1. The fourth-order valence-corrected chi connectivity index (χ4v) is 1.79. The summed E-state index contributed by atoms with van der Waals surface area (Å²) in [5, 5.41) is 11.6. The van der Waals surface area contributed by atoms with Gasteiger partial charge in [0.25, 0.3) is 0 Å². The van der Waals surface area contributed by atoms with Crippen LogP contribution in [0.15, 0.2) is 24.5 Å². The van der Waals surface area contributed by atoms with Crippen LogP contribution >= 0.6 is 0 Å². The van der Waals surface area contributed by atoms with Crippen molar-refractivity contribution in [1.29, 1.82) is 0 Å². The molecule has 0 aliphatic rings. The highest BCUT2D eigenvalue weighted by Crippen LogP contribution is 2.06. The van der Waals surface area contributed by atoms with Gasteiger partial charge in [0.2, 0.25) is 0 Å². The molecular weight excluding hydrogens is 258 g/mol. The lowest BCUT2D eigenvalue weighted by atomic mass is 10.0. The number of amides is 2. The van der Waals surface area contributed by atoms with E-state index in [1.165, 1.54) is 4.90 Å². The van der Waals surface area contributed by atoms with E-state index in [-0.39, 0.29) is 5.92 Å². The molecule has 2 N–H and O–H groups in total. The van der Waals surface area contributed by atoms with Crippen molar-refractivity contribution in [2.45, 2.75) is 32.9 Å². The van der Waals surface area contributed by atoms with Gasteiger partial charge in [0.1, 0.15) is 6.04 Å². The van der Waals surface area contributed by atoms with Gasteiger partial charge in [-0.15, -0.1) is 0 Å². The van der Waals surface area contributed by atoms with E-state index in [9.17, 15) is 9.59 Å². The Morgan fingerprint density at radius 3 is 2.45 bits per heavy atom. The molecule has 20 heavy (non-hydrogen) atoms. The number of carboxylic acids is 1. The average molecular weight is 279 g/mol. The van der Waals surface area contributed by atoms with Crippen LogP contribution in [-0.4, -0.2) is 40.1 Å². The zero-order chi connectivity index (χ0) is 15.1. The number of hydrogen-bond donors (Lipinski definition) is 2. The normalized spacial score (nSPS) is 12.0. The Labute approximate surface area is 118 Å². The first kappa shape index (κ1) is 15.9. The molecule has 0 aliphatic heterocycles. The van der Waals surface area contributed by atoms with Gasteiger partial charge in [-0.05, 0) is 30.0 Å². The molecule has 0 aromatic carbocycles. The Hall–Kier alpha value is -2.11. The summed E-state index contributed by atoms with van der Waals surface area (Å²) in [6.07, 6.45) is 3.71. The van der Waals surface area contributed by atoms with E-state index in [4.69, 9.17) is 5.11 Å². The van der Waals surface area contributed by atoms with Gasteiger partial charge in [-0.2, -0.15) is 0 Å². The van der Waals surface area contributed by atoms with Crippen LogP contribution in [0.5, 0.6) is 0 Å². The molecule has 110 valence electrons. The second-order valence-corrected chi connectivity index (χ2v) is 5.18. The Balaban J connectivity index is 2.57. The van der Waals surface area contributed by atoms with Crippen LogP contribution in [0.3, 0.4) is 0 Å². The molecule has 0 saturated carbocycles. The quantitative estimate of drug-likeness (QED) is 0.830. The predicted octanol–water partition coefficient (Wildman–Crippen LogP) is 1.72. The second kappa shape index (κ2) is 7.47. The topological polar surface area (TPSA) is 82.5 Å². The monoisotopic (exact) mass is 279 g/mol. The van der Waals surface area contributed by atoms with Gasteiger partial charge in [0, 0.05) is 26.0 Å². The third kappa shape index (κ3) is 5.26.